The molecule has 2 aromatic rings. The van der Waals surface area contributed by atoms with E-state index in [9.17, 15) is 4.79 Å². The van der Waals surface area contributed by atoms with E-state index in [0.717, 1.165) is 22.7 Å². The van der Waals surface area contributed by atoms with E-state index >= 15 is 0 Å². The van der Waals surface area contributed by atoms with E-state index in [0.29, 0.717) is 18.5 Å². The fourth-order valence-electron chi connectivity index (χ4n) is 2.21. The fraction of sp³-hybridized carbons (Fsp3) is 0.200. The normalized spacial score (nSPS) is 13.2. The molecule has 3 rings (SSSR count). The second kappa shape index (κ2) is 5.35. The first kappa shape index (κ1) is 12.7. The van der Waals surface area contributed by atoms with Crippen molar-refractivity contribution < 1.29 is 4.79 Å². The number of nitriles is 1. The number of nitrogens with zero attached hydrogens (tertiary/aromatic N) is 1. The molecule has 1 aliphatic heterocycles. The molecule has 4 nitrogen and oxygen atoms in total. The first-order chi connectivity index (χ1) is 9.74. The molecule has 5 heteroatoms. The zero-order valence-electron chi connectivity index (χ0n) is 10.8. The summed E-state index contributed by atoms with van der Waals surface area (Å²) in [6, 6.07) is 10.0. The highest BCUT2D eigenvalue weighted by molar-refractivity contribution is 7.10. The lowest BCUT2D eigenvalue weighted by Crippen LogP contribution is -2.18. The molecule has 0 fully saturated rings. The number of fused-ring (bicyclic) bond motifs is 1. The van der Waals surface area contributed by atoms with Crippen LogP contribution in [-0.4, -0.2) is 5.91 Å². The van der Waals surface area contributed by atoms with Crippen molar-refractivity contribution in [3.8, 4) is 6.07 Å². The average Bonchev–Trinajstić information content (AvgIpc) is 2.93. The summed E-state index contributed by atoms with van der Waals surface area (Å²) in [6.45, 7) is 0.706. The van der Waals surface area contributed by atoms with E-state index in [1.807, 2.05) is 23.6 Å². The summed E-state index contributed by atoms with van der Waals surface area (Å²) in [5.74, 6) is 0.0841. The van der Waals surface area contributed by atoms with Gasteiger partial charge in [0.15, 0.2) is 0 Å². The summed E-state index contributed by atoms with van der Waals surface area (Å²) in [5, 5.41) is 16.9. The van der Waals surface area contributed by atoms with Gasteiger partial charge in [-0.3, -0.25) is 4.79 Å². The second-order valence-corrected chi connectivity index (χ2v) is 5.68. The average molecular weight is 283 g/mol. The van der Waals surface area contributed by atoms with E-state index in [2.05, 4.69) is 22.8 Å². The number of nitrogens with one attached hydrogen (secondary N) is 2. The van der Waals surface area contributed by atoms with Gasteiger partial charge >= 0.3 is 0 Å². The highest BCUT2D eigenvalue weighted by Gasteiger charge is 2.14. The largest absolute Gasteiger partial charge is 0.380 e. The summed E-state index contributed by atoms with van der Waals surface area (Å²) in [6.07, 6.45) is 1.33. The molecule has 0 unspecified atom stereocenters. The van der Waals surface area contributed by atoms with Gasteiger partial charge in [0.05, 0.1) is 5.56 Å². The van der Waals surface area contributed by atoms with Crippen LogP contribution >= 0.6 is 11.3 Å². The van der Waals surface area contributed by atoms with Crippen LogP contribution in [0, 0.1) is 11.3 Å². The Morgan fingerprint density at radius 2 is 2.25 bits per heavy atom. The van der Waals surface area contributed by atoms with Gasteiger partial charge in [0, 0.05) is 34.6 Å². The molecule has 0 radical (unpaired) electrons. The summed E-state index contributed by atoms with van der Waals surface area (Å²) < 4.78 is 0. The maximum absolute atomic E-state index is 11.3. The van der Waals surface area contributed by atoms with E-state index in [-0.39, 0.29) is 5.91 Å². The number of hydrogen-bond donors (Lipinski definition) is 2. The van der Waals surface area contributed by atoms with Crippen LogP contribution in [0.1, 0.15) is 22.4 Å². The Balaban J connectivity index is 1.69. The minimum Gasteiger partial charge on any atom is -0.380 e. The van der Waals surface area contributed by atoms with Crippen molar-refractivity contribution in [3.05, 3.63) is 45.6 Å². The Bertz CT molecular complexity index is 699. The van der Waals surface area contributed by atoms with Crippen molar-refractivity contribution in [1.29, 1.82) is 5.26 Å². The van der Waals surface area contributed by atoms with E-state index in [4.69, 9.17) is 5.26 Å². The highest BCUT2D eigenvalue weighted by Crippen LogP contribution is 2.26. The van der Waals surface area contributed by atoms with Gasteiger partial charge in [-0.05, 0) is 36.2 Å². The van der Waals surface area contributed by atoms with Crippen LogP contribution in [0.15, 0.2) is 29.6 Å². The van der Waals surface area contributed by atoms with Crippen molar-refractivity contribution in [2.75, 3.05) is 10.6 Å². The standard InChI is InChI=1S/C15H13N3OS/c16-7-10-5-13(20-9-10)8-17-12-2-3-14-11(6-12)1-4-15(19)18-14/h2-3,5-6,9,17H,1,4,8H2,(H,18,19). The Morgan fingerprint density at radius 1 is 1.35 bits per heavy atom. The molecule has 2 N–H and O–H groups in total. The minimum atomic E-state index is 0.0841. The summed E-state index contributed by atoms with van der Waals surface area (Å²) in [4.78, 5) is 12.4. The smallest absolute Gasteiger partial charge is 0.224 e. The lowest BCUT2D eigenvalue weighted by atomic mass is 10.0. The van der Waals surface area contributed by atoms with Crippen LogP contribution in [0.5, 0.6) is 0 Å². The summed E-state index contributed by atoms with van der Waals surface area (Å²) in [5.41, 5.74) is 3.82. The van der Waals surface area contributed by atoms with Crippen molar-refractivity contribution in [2.45, 2.75) is 19.4 Å². The summed E-state index contributed by atoms with van der Waals surface area (Å²) >= 11 is 1.58. The van der Waals surface area contributed by atoms with Crippen LogP contribution in [0.4, 0.5) is 11.4 Å². The molecule has 20 heavy (non-hydrogen) atoms. The van der Waals surface area contributed by atoms with Gasteiger partial charge in [0.1, 0.15) is 6.07 Å². The third kappa shape index (κ3) is 2.65. The molecule has 0 saturated heterocycles. The number of aryl methyl sites for hydroxylation is 1. The second-order valence-electron chi connectivity index (χ2n) is 4.69. The number of amides is 1. The molecule has 1 aliphatic rings. The van der Waals surface area contributed by atoms with Gasteiger partial charge in [0.25, 0.3) is 0 Å². The first-order valence-electron chi connectivity index (χ1n) is 6.39. The van der Waals surface area contributed by atoms with Crippen molar-refractivity contribution >= 4 is 28.6 Å². The lowest BCUT2D eigenvalue weighted by Gasteiger charge is -2.17. The number of carbonyl (C=O) groups is 1. The predicted molar refractivity (Wildman–Crippen MR) is 79.8 cm³/mol. The molecule has 2 heterocycles. The van der Waals surface area contributed by atoms with Crippen LogP contribution in [0.25, 0.3) is 0 Å². The molecule has 1 aromatic carbocycles. The number of anilines is 2. The lowest BCUT2D eigenvalue weighted by molar-refractivity contribution is -0.116. The van der Waals surface area contributed by atoms with Gasteiger partial charge in [-0.15, -0.1) is 11.3 Å². The molecule has 1 amide bonds. The van der Waals surface area contributed by atoms with Gasteiger partial charge < -0.3 is 10.6 Å². The Kier molecular flexibility index (Phi) is 3.40. The molecule has 0 aliphatic carbocycles. The molecule has 0 atom stereocenters. The third-order valence-electron chi connectivity index (χ3n) is 3.25. The Labute approximate surface area is 121 Å². The monoisotopic (exact) mass is 283 g/mol. The zero-order chi connectivity index (χ0) is 13.9. The van der Waals surface area contributed by atoms with Gasteiger partial charge in [-0.1, -0.05) is 0 Å². The van der Waals surface area contributed by atoms with E-state index < -0.39 is 0 Å². The number of rotatable bonds is 3. The number of carbonyl (C=O) groups excluding carboxylic acids is 1. The molecule has 0 saturated carbocycles. The molecule has 0 bridgehead atoms. The highest BCUT2D eigenvalue weighted by atomic mass is 32.1. The van der Waals surface area contributed by atoms with Crippen molar-refractivity contribution in [3.63, 3.8) is 0 Å². The summed E-state index contributed by atoms with van der Waals surface area (Å²) in [7, 11) is 0. The number of thiophene rings is 1. The van der Waals surface area contributed by atoms with E-state index in [1.165, 1.54) is 5.56 Å². The number of benzene rings is 1. The maximum Gasteiger partial charge on any atom is 0.224 e. The molecule has 100 valence electrons. The maximum atomic E-state index is 11.3. The quantitative estimate of drug-likeness (QED) is 0.909. The zero-order valence-corrected chi connectivity index (χ0v) is 11.6. The Hall–Kier alpha value is -2.32. The minimum absolute atomic E-state index is 0.0841. The first-order valence-corrected chi connectivity index (χ1v) is 7.27. The van der Waals surface area contributed by atoms with Crippen molar-refractivity contribution in [1.82, 2.24) is 0 Å². The number of hydrogen-bond acceptors (Lipinski definition) is 4. The van der Waals surface area contributed by atoms with Gasteiger partial charge in [-0.2, -0.15) is 5.26 Å². The molecule has 1 aromatic heterocycles. The molecular weight excluding hydrogens is 270 g/mol. The van der Waals surface area contributed by atoms with Gasteiger partial charge in [-0.25, -0.2) is 0 Å². The Morgan fingerprint density at radius 3 is 3.05 bits per heavy atom. The topological polar surface area (TPSA) is 64.9 Å². The fourth-order valence-corrected chi connectivity index (χ4v) is 2.96. The van der Waals surface area contributed by atoms with Crippen LogP contribution in [-0.2, 0) is 17.8 Å². The van der Waals surface area contributed by atoms with Crippen LogP contribution < -0.4 is 10.6 Å². The van der Waals surface area contributed by atoms with Crippen molar-refractivity contribution in [2.24, 2.45) is 0 Å². The SMILES string of the molecule is N#Cc1csc(CNc2ccc3c(c2)CCC(=O)N3)c1. The van der Waals surface area contributed by atoms with Gasteiger partial charge in [0.2, 0.25) is 5.91 Å². The van der Waals surface area contributed by atoms with E-state index in [1.54, 1.807) is 11.3 Å². The third-order valence-corrected chi connectivity index (χ3v) is 4.19. The van der Waals surface area contributed by atoms with Crippen LogP contribution in [0.3, 0.4) is 0 Å². The predicted octanol–water partition coefficient (Wildman–Crippen LogP) is 3.12. The molecule has 0 spiro atoms. The molecular formula is C15H13N3OS. The van der Waals surface area contributed by atoms with Crippen LogP contribution in [0.2, 0.25) is 0 Å².